The highest BCUT2D eigenvalue weighted by Crippen LogP contribution is 2.21. The SMILES string of the molecule is COC[C@H]1CN(C(=O)N[C@@H](C)c2ccc(F)c(Cl)c2)CCO1. The number of methoxy groups -OCH3 is 1. The van der Waals surface area contributed by atoms with Gasteiger partial charge in [-0.15, -0.1) is 0 Å². The average molecular weight is 331 g/mol. The van der Waals surface area contributed by atoms with Gasteiger partial charge in [-0.25, -0.2) is 9.18 Å². The number of halogens is 2. The zero-order valence-electron chi connectivity index (χ0n) is 12.6. The fourth-order valence-electron chi connectivity index (χ4n) is 2.33. The fraction of sp³-hybridized carbons (Fsp3) is 0.533. The first-order chi connectivity index (χ1) is 10.5. The number of rotatable bonds is 4. The van der Waals surface area contributed by atoms with Gasteiger partial charge in [-0.1, -0.05) is 17.7 Å². The molecule has 1 aromatic carbocycles. The first-order valence-corrected chi connectivity index (χ1v) is 7.50. The van der Waals surface area contributed by atoms with Gasteiger partial charge in [-0.3, -0.25) is 0 Å². The molecule has 2 rings (SSSR count). The number of amides is 2. The van der Waals surface area contributed by atoms with Crippen molar-refractivity contribution in [1.82, 2.24) is 10.2 Å². The van der Waals surface area contributed by atoms with E-state index in [9.17, 15) is 9.18 Å². The number of carbonyl (C=O) groups is 1. The van der Waals surface area contributed by atoms with E-state index in [1.807, 2.05) is 6.92 Å². The zero-order valence-corrected chi connectivity index (χ0v) is 13.4. The maximum atomic E-state index is 13.2. The topological polar surface area (TPSA) is 50.8 Å². The Labute approximate surface area is 134 Å². The maximum Gasteiger partial charge on any atom is 0.318 e. The molecule has 0 saturated carbocycles. The molecule has 2 atom stereocenters. The van der Waals surface area contributed by atoms with Gasteiger partial charge in [0.25, 0.3) is 0 Å². The molecule has 1 saturated heterocycles. The lowest BCUT2D eigenvalue weighted by Gasteiger charge is -2.33. The molecule has 1 aliphatic heterocycles. The summed E-state index contributed by atoms with van der Waals surface area (Å²) in [4.78, 5) is 14.0. The predicted molar refractivity (Wildman–Crippen MR) is 81.5 cm³/mol. The Balaban J connectivity index is 1.94. The van der Waals surface area contributed by atoms with Crippen molar-refractivity contribution >= 4 is 17.6 Å². The third-order valence-electron chi connectivity index (χ3n) is 3.56. The van der Waals surface area contributed by atoms with E-state index in [2.05, 4.69) is 5.32 Å². The monoisotopic (exact) mass is 330 g/mol. The second-order valence-corrected chi connectivity index (χ2v) is 5.65. The van der Waals surface area contributed by atoms with Gasteiger partial charge in [0.05, 0.1) is 36.9 Å². The van der Waals surface area contributed by atoms with Crippen molar-refractivity contribution < 1.29 is 18.7 Å². The van der Waals surface area contributed by atoms with Crippen molar-refractivity contribution in [3.63, 3.8) is 0 Å². The molecular formula is C15H20ClFN2O3. The minimum atomic E-state index is -0.473. The van der Waals surface area contributed by atoms with Gasteiger partial charge < -0.3 is 19.7 Å². The highest BCUT2D eigenvalue weighted by Gasteiger charge is 2.25. The Morgan fingerprint density at radius 1 is 1.64 bits per heavy atom. The maximum absolute atomic E-state index is 13.2. The summed E-state index contributed by atoms with van der Waals surface area (Å²) in [6.07, 6.45) is -0.111. The summed E-state index contributed by atoms with van der Waals surface area (Å²) >= 11 is 5.77. The van der Waals surface area contributed by atoms with Crippen LogP contribution < -0.4 is 5.32 Å². The van der Waals surface area contributed by atoms with Crippen LogP contribution in [0.25, 0.3) is 0 Å². The Bertz CT molecular complexity index is 528. The van der Waals surface area contributed by atoms with Crippen molar-refractivity contribution in [3.05, 3.63) is 34.6 Å². The highest BCUT2D eigenvalue weighted by atomic mass is 35.5. The molecule has 0 aromatic heterocycles. The molecule has 22 heavy (non-hydrogen) atoms. The summed E-state index contributed by atoms with van der Waals surface area (Å²) in [7, 11) is 1.60. The van der Waals surface area contributed by atoms with E-state index in [-0.39, 0.29) is 23.2 Å². The van der Waals surface area contributed by atoms with Crippen LogP contribution in [-0.2, 0) is 9.47 Å². The molecule has 1 aromatic rings. The molecule has 0 bridgehead atoms. The predicted octanol–water partition coefficient (Wildman–Crippen LogP) is 2.60. The lowest BCUT2D eigenvalue weighted by atomic mass is 10.1. The number of benzene rings is 1. The Morgan fingerprint density at radius 3 is 3.09 bits per heavy atom. The molecule has 5 nitrogen and oxygen atoms in total. The zero-order chi connectivity index (χ0) is 16.1. The Morgan fingerprint density at radius 2 is 2.41 bits per heavy atom. The summed E-state index contributed by atoms with van der Waals surface area (Å²) in [6, 6.07) is 3.98. The van der Waals surface area contributed by atoms with Gasteiger partial charge in [0.1, 0.15) is 5.82 Å². The second kappa shape index (κ2) is 7.76. The lowest BCUT2D eigenvalue weighted by Crippen LogP contribution is -2.51. The normalized spacial score (nSPS) is 19.8. The average Bonchev–Trinajstić information content (AvgIpc) is 2.50. The number of hydrogen-bond donors (Lipinski definition) is 1. The molecule has 0 aliphatic carbocycles. The Kier molecular flexibility index (Phi) is 5.99. The van der Waals surface area contributed by atoms with E-state index in [1.165, 1.54) is 12.1 Å². The molecule has 1 aliphatic rings. The van der Waals surface area contributed by atoms with Gasteiger partial charge in [0.2, 0.25) is 0 Å². The molecular weight excluding hydrogens is 311 g/mol. The van der Waals surface area contributed by atoms with Crippen LogP contribution in [0.5, 0.6) is 0 Å². The number of hydrogen-bond acceptors (Lipinski definition) is 3. The standard InChI is InChI=1S/C15H20ClFN2O3/c1-10(11-3-4-14(17)13(16)7-11)18-15(20)19-5-6-22-12(8-19)9-21-2/h3-4,7,10,12H,5-6,8-9H2,1-2H3,(H,18,20)/t10-,12+/m0/s1. The van der Waals surface area contributed by atoms with Crippen LogP contribution in [0.3, 0.4) is 0 Å². The van der Waals surface area contributed by atoms with E-state index in [0.29, 0.717) is 26.3 Å². The van der Waals surface area contributed by atoms with Gasteiger partial charge >= 0.3 is 6.03 Å². The van der Waals surface area contributed by atoms with Crippen molar-refractivity contribution in [3.8, 4) is 0 Å². The first kappa shape index (κ1) is 17.0. The first-order valence-electron chi connectivity index (χ1n) is 7.12. The van der Waals surface area contributed by atoms with Gasteiger partial charge in [-0.05, 0) is 24.6 Å². The molecule has 1 fully saturated rings. The quantitative estimate of drug-likeness (QED) is 0.923. The van der Waals surface area contributed by atoms with Crippen LogP contribution in [0, 0.1) is 5.82 Å². The Hall–Kier alpha value is -1.37. The van der Waals surface area contributed by atoms with Crippen molar-refractivity contribution in [2.24, 2.45) is 0 Å². The summed E-state index contributed by atoms with van der Waals surface area (Å²) in [5.41, 5.74) is 0.751. The molecule has 2 amide bonds. The summed E-state index contributed by atoms with van der Waals surface area (Å²) in [5.74, 6) is -0.473. The largest absolute Gasteiger partial charge is 0.382 e. The van der Waals surface area contributed by atoms with E-state index >= 15 is 0 Å². The van der Waals surface area contributed by atoms with Gasteiger partial charge in [0.15, 0.2) is 0 Å². The molecule has 0 unspecified atom stereocenters. The third kappa shape index (κ3) is 4.32. The van der Waals surface area contributed by atoms with Crippen LogP contribution in [0.15, 0.2) is 18.2 Å². The van der Waals surface area contributed by atoms with Crippen LogP contribution in [0.2, 0.25) is 5.02 Å². The summed E-state index contributed by atoms with van der Waals surface area (Å²) in [6.45, 7) is 3.78. The van der Waals surface area contributed by atoms with Crippen LogP contribution in [0.1, 0.15) is 18.5 Å². The van der Waals surface area contributed by atoms with E-state index in [4.69, 9.17) is 21.1 Å². The number of ether oxygens (including phenoxy) is 2. The number of nitrogens with one attached hydrogen (secondary N) is 1. The molecule has 122 valence electrons. The van der Waals surface area contributed by atoms with Crippen molar-refractivity contribution in [2.75, 3.05) is 33.4 Å². The van der Waals surface area contributed by atoms with Crippen LogP contribution in [-0.4, -0.2) is 50.4 Å². The smallest absolute Gasteiger partial charge is 0.318 e. The van der Waals surface area contributed by atoms with Crippen molar-refractivity contribution in [2.45, 2.75) is 19.1 Å². The van der Waals surface area contributed by atoms with Gasteiger partial charge in [-0.2, -0.15) is 0 Å². The second-order valence-electron chi connectivity index (χ2n) is 5.24. The minimum Gasteiger partial charge on any atom is -0.382 e. The molecule has 1 N–H and O–H groups in total. The minimum absolute atomic E-state index is 0.0464. The van der Waals surface area contributed by atoms with E-state index < -0.39 is 5.82 Å². The number of nitrogens with zero attached hydrogens (tertiary/aromatic N) is 1. The van der Waals surface area contributed by atoms with E-state index in [0.717, 1.165) is 5.56 Å². The number of carbonyl (C=O) groups excluding carboxylic acids is 1. The van der Waals surface area contributed by atoms with E-state index in [1.54, 1.807) is 18.1 Å². The van der Waals surface area contributed by atoms with Crippen LogP contribution >= 0.6 is 11.6 Å². The molecule has 0 radical (unpaired) electrons. The highest BCUT2D eigenvalue weighted by molar-refractivity contribution is 6.30. The molecule has 1 heterocycles. The molecule has 0 spiro atoms. The third-order valence-corrected chi connectivity index (χ3v) is 3.85. The number of urea groups is 1. The lowest BCUT2D eigenvalue weighted by molar-refractivity contribution is -0.0496. The fourth-order valence-corrected chi connectivity index (χ4v) is 2.52. The summed E-state index contributed by atoms with van der Waals surface area (Å²) in [5, 5.41) is 2.93. The van der Waals surface area contributed by atoms with Crippen molar-refractivity contribution in [1.29, 1.82) is 0 Å². The van der Waals surface area contributed by atoms with Crippen LogP contribution in [0.4, 0.5) is 9.18 Å². The summed E-state index contributed by atoms with van der Waals surface area (Å²) < 4.78 is 23.7. The molecule has 7 heteroatoms. The van der Waals surface area contributed by atoms with Gasteiger partial charge in [0, 0.05) is 13.7 Å². The number of morpholine rings is 1.